The lowest BCUT2D eigenvalue weighted by atomic mass is 10.1. The first-order valence-corrected chi connectivity index (χ1v) is 5.57. The van der Waals surface area contributed by atoms with Gasteiger partial charge in [-0.15, -0.1) is 0 Å². The number of rotatable bonds is 3. The largest absolute Gasteiger partial charge is 0.496 e. The maximum atomic E-state index is 11.3. The summed E-state index contributed by atoms with van der Waals surface area (Å²) in [6, 6.07) is 1.77. The predicted octanol–water partition coefficient (Wildman–Crippen LogP) is 2.81. The van der Waals surface area contributed by atoms with Gasteiger partial charge < -0.3 is 14.4 Å². The molecule has 0 saturated carbocycles. The van der Waals surface area contributed by atoms with E-state index in [1.54, 1.807) is 27.3 Å². The van der Waals surface area contributed by atoms with E-state index in [4.69, 9.17) is 9.47 Å². The van der Waals surface area contributed by atoms with Gasteiger partial charge >= 0.3 is 0 Å². The van der Waals surface area contributed by atoms with Crippen LogP contribution in [0, 0.1) is 13.8 Å². The monoisotopic (exact) mass is 255 g/mol. The van der Waals surface area contributed by atoms with Crippen LogP contribution in [0.1, 0.15) is 11.1 Å². The van der Waals surface area contributed by atoms with Crippen molar-refractivity contribution in [2.24, 2.45) is 0 Å². The zero-order valence-corrected chi connectivity index (χ0v) is 11.6. The van der Waals surface area contributed by atoms with Crippen LogP contribution in [0.4, 0.5) is 10.5 Å². The molecule has 0 bridgehead atoms. The second kappa shape index (κ2) is 5.31. The molecule has 1 aromatic rings. The van der Waals surface area contributed by atoms with Crippen molar-refractivity contribution in [1.82, 2.24) is 0 Å². The van der Waals surface area contributed by atoms with Crippen LogP contribution in [-0.4, -0.2) is 26.5 Å². The molecule has 17 heavy (non-hydrogen) atoms. The molecule has 0 aliphatic carbocycles. The Morgan fingerprint density at radius 2 is 1.82 bits per heavy atom. The molecule has 0 radical (unpaired) electrons. The highest BCUT2D eigenvalue weighted by molar-refractivity contribution is 7.96. The molecule has 0 atom stereocenters. The van der Waals surface area contributed by atoms with E-state index in [9.17, 15) is 4.79 Å². The van der Waals surface area contributed by atoms with Crippen LogP contribution < -0.4 is 14.4 Å². The van der Waals surface area contributed by atoms with Crippen LogP contribution in [-0.2, 0) is 0 Å². The van der Waals surface area contributed by atoms with Gasteiger partial charge in [0.15, 0.2) is 0 Å². The van der Waals surface area contributed by atoms with Gasteiger partial charge in [0.05, 0.1) is 19.9 Å². The van der Waals surface area contributed by atoms with E-state index < -0.39 is 0 Å². The molecule has 0 fully saturated rings. The quantitative estimate of drug-likeness (QED) is 0.844. The molecular weight excluding hydrogens is 238 g/mol. The molecular formula is C12H17NO3S. The second-order valence-electron chi connectivity index (χ2n) is 3.72. The fourth-order valence-electron chi connectivity index (χ4n) is 1.67. The molecule has 0 aliphatic rings. The van der Waals surface area contributed by atoms with Gasteiger partial charge in [-0.2, -0.15) is 0 Å². The maximum Gasteiger partial charge on any atom is 0.282 e. The van der Waals surface area contributed by atoms with E-state index in [1.807, 2.05) is 13.8 Å². The van der Waals surface area contributed by atoms with Gasteiger partial charge in [-0.3, -0.25) is 4.79 Å². The van der Waals surface area contributed by atoms with Crippen molar-refractivity contribution >= 4 is 23.6 Å². The Balaban J connectivity index is 3.47. The van der Waals surface area contributed by atoms with Gasteiger partial charge in [-0.1, -0.05) is 12.6 Å². The van der Waals surface area contributed by atoms with E-state index in [0.717, 1.165) is 16.9 Å². The Labute approximate surface area is 107 Å². The number of carbonyl (C=O) groups excluding carboxylic acids is 1. The molecule has 0 spiro atoms. The molecule has 1 aromatic carbocycles. The van der Waals surface area contributed by atoms with Crippen molar-refractivity contribution < 1.29 is 14.3 Å². The Bertz CT molecular complexity index is 446. The van der Waals surface area contributed by atoms with Crippen molar-refractivity contribution in [3.8, 4) is 11.5 Å². The number of ether oxygens (including phenoxy) is 2. The highest BCUT2D eigenvalue weighted by Crippen LogP contribution is 2.38. The summed E-state index contributed by atoms with van der Waals surface area (Å²) < 4.78 is 10.6. The number of carbonyl (C=O) groups is 1. The standard InChI is InChI=1S/C12H17NO3S/c1-7-8(2)11(16-5)9(6-10(7)15-4)13(3)12(14)17/h6H,1-5H3,(H,14,17). The van der Waals surface area contributed by atoms with Crippen LogP contribution in [0.3, 0.4) is 0 Å². The minimum atomic E-state index is -0.353. The third-order valence-electron chi connectivity index (χ3n) is 2.85. The molecule has 94 valence electrons. The second-order valence-corrected chi connectivity index (χ2v) is 4.11. The van der Waals surface area contributed by atoms with Crippen molar-refractivity contribution in [1.29, 1.82) is 0 Å². The predicted molar refractivity (Wildman–Crippen MR) is 71.8 cm³/mol. The molecule has 0 aromatic heterocycles. The molecule has 0 saturated heterocycles. The highest BCUT2D eigenvalue weighted by atomic mass is 32.1. The summed E-state index contributed by atoms with van der Waals surface area (Å²) in [4.78, 5) is 12.7. The lowest BCUT2D eigenvalue weighted by Gasteiger charge is -2.22. The van der Waals surface area contributed by atoms with Crippen molar-refractivity contribution in [2.75, 3.05) is 26.2 Å². The lowest BCUT2D eigenvalue weighted by Crippen LogP contribution is -2.21. The Morgan fingerprint density at radius 3 is 2.24 bits per heavy atom. The molecule has 1 rings (SSSR count). The normalized spacial score (nSPS) is 10.0. The van der Waals surface area contributed by atoms with E-state index in [0.29, 0.717) is 11.4 Å². The van der Waals surface area contributed by atoms with E-state index in [2.05, 4.69) is 12.6 Å². The number of methoxy groups -OCH3 is 2. The zero-order valence-electron chi connectivity index (χ0n) is 10.7. The van der Waals surface area contributed by atoms with E-state index in [-0.39, 0.29) is 5.24 Å². The van der Waals surface area contributed by atoms with Crippen molar-refractivity contribution in [2.45, 2.75) is 13.8 Å². The third kappa shape index (κ3) is 2.49. The van der Waals surface area contributed by atoms with E-state index >= 15 is 0 Å². The molecule has 0 N–H and O–H groups in total. The molecule has 0 heterocycles. The summed E-state index contributed by atoms with van der Waals surface area (Å²) in [5, 5.41) is -0.353. The number of anilines is 1. The third-order valence-corrected chi connectivity index (χ3v) is 3.15. The van der Waals surface area contributed by atoms with Gasteiger partial charge in [0.1, 0.15) is 11.5 Å². The Kier molecular flexibility index (Phi) is 4.28. The number of nitrogens with zero attached hydrogens (tertiary/aromatic N) is 1. The summed E-state index contributed by atoms with van der Waals surface area (Å²) >= 11 is 3.80. The Hall–Kier alpha value is -1.36. The minimum Gasteiger partial charge on any atom is -0.496 e. The van der Waals surface area contributed by atoms with Crippen molar-refractivity contribution in [3.63, 3.8) is 0 Å². The van der Waals surface area contributed by atoms with Gasteiger partial charge in [0.25, 0.3) is 5.24 Å². The SMILES string of the molecule is COc1cc(N(C)C(=O)S)c(OC)c(C)c1C. The lowest BCUT2D eigenvalue weighted by molar-refractivity contribution is 0.266. The van der Waals surface area contributed by atoms with Gasteiger partial charge in [-0.25, -0.2) is 0 Å². The first kappa shape index (κ1) is 13.7. The summed E-state index contributed by atoms with van der Waals surface area (Å²) in [7, 11) is 4.82. The van der Waals surface area contributed by atoms with Crippen LogP contribution in [0.25, 0.3) is 0 Å². The number of hydrogen-bond donors (Lipinski definition) is 1. The maximum absolute atomic E-state index is 11.3. The average Bonchev–Trinajstić information content (AvgIpc) is 2.31. The van der Waals surface area contributed by atoms with Crippen molar-refractivity contribution in [3.05, 3.63) is 17.2 Å². The number of benzene rings is 1. The number of amides is 1. The fraction of sp³-hybridized carbons (Fsp3) is 0.417. The number of thiol groups is 1. The first-order valence-electron chi connectivity index (χ1n) is 5.12. The zero-order chi connectivity index (χ0) is 13.2. The molecule has 5 heteroatoms. The molecule has 0 aliphatic heterocycles. The smallest absolute Gasteiger partial charge is 0.282 e. The molecule has 4 nitrogen and oxygen atoms in total. The average molecular weight is 255 g/mol. The summed E-state index contributed by atoms with van der Waals surface area (Å²) in [5.74, 6) is 1.38. The Morgan fingerprint density at radius 1 is 1.24 bits per heavy atom. The van der Waals surface area contributed by atoms with Gasteiger partial charge in [0.2, 0.25) is 0 Å². The van der Waals surface area contributed by atoms with Crippen LogP contribution in [0.2, 0.25) is 0 Å². The first-order chi connectivity index (χ1) is 7.93. The summed E-state index contributed by atoms with van der Waals surface area (Å²) in [6.07, 6.45) is 0. The van der Waals surface area contributed by atoms with Gasteiger partial charge in [0, 0.05) is 13.1 Å². The van der Waals surface area contributed by atoms with Gasteiger partial charge in [-0.05, 0) is 25.0 Å². The highest BCUT2D eigenvalue weighted by Gasteiger charge is 2.18. The summed E-state index contributed by atoms with van der Waals surface area (Å²) in [5.41, 5.74) is 2.59. The molecule has 1 amide bonds. The van der Waals surface area contributed by atoms with Crippen LogP contribution in [0.5, 0.6) is 11.5 Å². The van der Waals surface area contributed by atoms with Crippen LogP contribution >= 0.6 is 12.6 Å². The topological polar surface area (TPSA) is 38.8 Å². The number of hydrogen-bond acceptors (Lipinski definition) is 3. The minimum absolute atomic E-state index is 0.353. The van der Waals surface area contributed by atoms with E-state index in [1.165, 1.54) is 4.90 Å². The van der Waals surface area contributed by atoms with Crippen LogP contribution in [0.15, 0.2) is 6.07 Å². The fourth-order valence-corrected chi connectivity index (χ4v) is 1.77. The molecule has 0 unspecified atom stereocenters. The summed E-state index contributed by atoms with van der Waals surface area (Å²) in [6.45, 7) is 3.88.